The van der Waals surface area contributed by atoms with Crippen molar-refractivity contribution in [3.63, 3.8) is 0 Å². The van der Waals surface area contributed by atoms with Gasteiger partial charge in [-0.25, -0.2) is 18.6 Å². The van der Waals surface area contributed by atoms with Gasteiger partial charge in [-0.05, 0) is 59.9 Å². The first-order chi connectivity index (χ1) is 20.3. The van der Waals surface area contributed by atoms with Gasteiger partial charge < -0.3 is 9.64 Å². The van der Waals surface area contributed by atoms with Crippen molar-refractivity contribution in [3.8, 4) is 5.75 Å². The molecule has 6 rings (SSSR count). The Kier molecular flexibility index (Phi) is 7.98. The number of nitrogens with zero attached hydrogens (tertiary/aromatic N) is 2. The molecule has 11 heteroatoms. The van der Waals surface area contributed by atoms with Gasteiger partial charge in [-0.3, -0.25) is 19.4 Å². The number of hydrogen-bond donors (Lipinski definition) is 2. The second kappa shape index (κ2) is 11.8. The Morgan fingerprint density at radius 1 is 1.10 bits per heavy atom. The molecule has 0 spiro atoms. The SMILES string of the molecule is CS(=O)(=O)NC1CCCC[C@@H]1N1C(=O)c2ccccc2[C@@H](C(=O)NOCc2ccccn2)[C@@H]1c1ccc2c(c1)CCO2. The summed E-state index contributed by atoms with van der Waals surface area (Å²) in [5.41, 5.74) is 6.11. The Hall–Kier alpha value is -3.80. The predicted molar refractivity (Wildman–Crippen MR) is 155 cm³/mol. The summed E-state index contributed by atoms with van der Waals surface area (Å²) in [4.78, 5) is 40.1. The highest BCUT2D eigenvalue weighted by Crippen LogP contribution is 2.47. The fraction of sp³-hybridized carbons (Fsp3) is 0.387. The summed E-state index contributed by atoms with van der Waals surface area (Å²) < 4.78 is 33.3. The van der Waals surface area contributed by atoms with Crippen LogP contribution >= 0.6 is 0 Å². The van der Waals surface area contributed by atoms with Gasteiger partial charge in [-0.1, -0.05) is 43.2 Å². The molecular weight excluding hydrogens is 556 g/mol. The number of sulfonamides is 1. The Morgan fingerprint density at radius 3 is 2.71 bits per heavy atom. The standard InChI is InChI=1S/C31H34N4O6S/c1-42(38,39)34-25-11-4-5-12-26(25)35-29(21-13-14-27-20(18-21)15-17-40-27)28(23-9-2-3-10-24(23)31(35)37)30(36)33-41-19-22-8-6-7-16-32-22/h2-3,6-10,13-14,16,18,25-26,28-29,34H,4-5,11-12,15,17,19H2,1H3,(H,33,36)/t25?,26-,28+,29-/m0/s1. The Balaban J connectivity index is 1.43. The van der Waals surface area contributed by atoms with E-state index in [1.807, 2.05) is 36.4 Å². The molecule has 1 aromatic heterocycles. The molecule has 3 aliphatic rings. The molecule has 3 aromatic rings. The van der Waals surface area contributed by atoms with Gasteiger partial charge in [0, 0.05) is 30.3 Å². The van der Waals surface area contributed by atoms with E-state index in [2.05, 4.69) is 15.2 Å². The van der Waals surface area contributed by atoms with E-state index in [-0.39, 0.29) is 12.5 Å². The monoisotopic (exact) mass is 590 g/mol. The van der Waals surface area contributed by atoms with Crippen LogP contribution in [0, 0.1) is 0 Å². The first kappa shape index (κ1) is 28.3. The number of rotatable bonds is 8. The molecule has 2 amide bonds. The van der Waals surface area contributed by atoms with E-state index in [9.17, 15) is 18.0 Å². The van der Waals surface area contributed by atoms with Crippen molar-refractivity contribution in [1.82, 2.24) is 20.1 Å². The number of aromatic nitrogens is 1. The number of fused-ring (bicyclic) bond motifs is 2. The maximum atomic E-state index is 14.4. The van der Waals surface area contributed by atoms with Crippen LogP contribution in [-0.2, 0) is 32.7 Å². The molecule has 2 aliphatic heterocycles. The summed E-state index contributed by atoms with van der Waals surface area (Å²) in [6, 6.07) is 16.8. The molecule has 0 saturated heterocycles. The largest absolute Gasteiger partial charge is 0.493 e. The van der Waals surface area contributed by atoms with Gasteiger partial charge in [0.1, 0.15) is 12.4 Å². The quantitative estimate of drug-likeness (QED) is 0.385. The highest BCUT2D eigenvalue weighted by atomic mass is 32.2. The van der Waals surface area contributed by atoms with Crippen molar-refractivity contribution in [3.05, 3.63) is 94.8 Å². The molecule has 2 N–H and O–H groups in total. The van der Waals surface area contributed by atoms with Crippen LogP contribution in [0.15, 0.2) is 66.9 Å². The molecule has 2 aromatic carbocycles. The van der Waals surface area contributed by atoms with Crippen molar-refractivity contribution >= 4 is 21.8 Å². The Morgan fingerprint density at radius 2 is 1.90 bits per heavy atom. The Bertz CT molecular complexity index is 1580. The number of hydroxylamine groups is 1. The lowest BCUT2D eigenvalue weighted by Crippen LogP contribution is -2.59. The highest BCUT2D eigenvalue weighted by Gasteiger charge is 2.49. The predicted octanol–water partition coefficient (Wildman–Crippen LogP) is 3.41. The van der Waals surface area contributed by atoms with E-state index in [0.29, 0.717) is 36.3 Å². The normalized spacial score (nSPS) is 23.5. The van der Waals surface area contributed by atoms with Crippen molar-refractivity contribution in [2.24, 2.45) is 0 Å². The number of amides is 2. The van der Waals surface area contributed by atoms with Crippen LogP contribution in [0.1, 0.15) is 70.4 Å². The maximum absolute atomic E-state index is 14.4. The maximum Gasteiger partial charge on any atom is 0.255 e. The highest BCUT2D eigenvalue weighted by molar-refractivity contribution is 7.88. The average Bonchev–Trinajstić information content (AvgIpc) is 3.45. The number of nitrogens with one attached hydrogen (secondary N) is 2. The molecule has 3 heterocycles. The van der Waals surface area contributed by atoms with Gasteiger partial charge in [-0.2, -0.15) is 0 Å². The van der Waals surface area contributed by atoms with Gasteiger partial charge in [0.05, 0.1) is 30.5 Å². The topological polar surface area (TPSA) is 127 Å². The lowest BCUT2D eigenvalue weighted by molar-refractivity contribution is -0.138. The molecule has 4 atom stereocenters. The van der Waals surface area contributed by atoms with E-state index in [1.54, 1.807) is 35.4 Å². The van der Waals surface area contributed by atoms with Gasteiger partial charge in [-0.15, -0.1) is 0 Å². The van der Waals surface area contributed by atoms with Crippen LogP contribution in [-0.4, -0.2) is 55.1 Å². The van der Waals surface area contributed by atoms with Crippen LogP contribution in [0.5, 0.6) is 5.75 Å². The van der Waals surface area contributed by atoms with Crippen LogP contribution in [0.4, 0.5) is 0 Å². The first-order valence-electron chi connectivity index (χ1n) is 14.3. The molecule has 0 bridgehead atoms. The molecule has 1 saturated carbocycles. The summed E-state index contributed by atoms with van der Waals surface area (Å²) in [7, 11) is -3.54. The molecule has 1 fully saturated rings. The molecule has 42 heavy (non-hydrogen) atoms. The lowest BCUT2D eigenvalue weighted by Gasteiger charge is -2.49. The fourth-order valence-electron chi connectivity index (χ4n) is 6.53. The zero-order chi connectivity index (χ0) is 29.3. The van der Waals surface area contributed by atoms with Crippen molar-refractivity contribution in [2.45, 2.75) is 62.8 Å². The molecule has 220 valence electrons. The van der Waals surface area contributed by atoms with Gasteiger partial charge in [0.2, 0.25) is 10.0 Å². The smallest absolute Gasteiger partial charge is 0.255 e. The number of carbonyl (C=O) groups is 2. The summed E-state index contributed by atoms with van der Waals surface area (Å²) in [5.74, 6) is -0.648. The second-order valence-electron chi connectivity index (χ2n) is 11.1. The van der Waals surface area contributed by atoms with Crippen molar-refractivity contribution in [1.29, 1.82) is 0 Å². The van der Waals surface area contributed by atoms with Gasteiger partial charge in [0.25, 0.3) is 11.8 Å². The summed E-state index contributed by atoms with van der Waals surface area (Å²) in [6.45, 7) is 0.649. The minimum absolute atomic E-state index is 0.0768. The molecule has 1 aliphatic carbocycles. The van der Waals surface area contributed by atoms with Crippen LogP contribution in [0.25, 0.3) is 0 Å². The van der Waals surface area contributed by atoms with Crippen molar-refractivity contribution in [2.75, 3.05) is 12.9 Å². The molecule has 0 radical (unpaired) electrons. The number of carbonyl (C=O) groups excluding carboxylic acids is 2. The Labute approximate surface area is 245 Å². The van der Waals surface area contributed by atoms with E-state index >= 15 is 0 Å². The number of benzene rings is 2. The van der Waals surface area contributed by atoms with E-state index in [1.165, 1.54) is 0 Å². The summed E-state index contributed by atoms with van der Waals surface area (Å²) in [5, 5.41) is 0. The number of pyridine rings is 1. The number of ether oxygens (including phenoxy) is 1. The molecular formula is C31H34N4O6S. The van der Waals surface area contributed by atoms with Gasteiger partial charge >= 0.3 is 0 Å². The summed E-state index contributed by atoms with van der Waals surface area (Å²) in [6.07, 6.45) is 6.40. The third-order valence-corrected chi connectivity index (χ3v) is 9.02. The summed E-state index contributed by atoms with van der Waals surface area (Å²) >= 11 is 0. The first-order valence-corrected chi connectivity index (χ1v) is 16.2. The number of hydrogen-bond acceptors (Lipinski definition) is 7. The minimum Gasteiger partial charge on any atom is -0.493 e. The minimum atomic E-state index is -3.54. The van der Waals surface area contributed by atoms with Crippen molar-refractivity contribution < 1.29 is 27.6 Å². The van der Waals surface area contributed by atoms with E-state index < -0.39 is 40.0 Å². The van der Waals surface area contributed by atoms with Crippen LogP contribution in [0.3, 0.4) is 0 Å². The van der Waals surface area contributed by atoms with Crippen LogP contribution in [0.2, 0.25) is 0 Å². The third kappa shape index (κ3) is 5.77. The third-order valence-electron chi connectivity index (χ3n) is 8.28. The lowest BCUT2D eigenvalue weighted by atomic mass is 9.76. The molecule has 1 unspecified atom stereocenters. The molecule has 10 nitrogen and oxygen atoms in total. The zero-order valence-corrected chi connectivity index (χ0v) is 24.2. The average molecular weight is 591 g/mol. The van der Waals surface area contributed by atoms with Gasteiger partial charge in [0.15, 0.2) is 0 Å². The fourth-order valence-corrected chi connectivity index (χ4v) is 7.35. The van der Waals surface area contributed by atoms with Crippen LogP contribution < -0.4 is 14.9 Å². The van der Waals surface area contributed by atoms with E-state index in [4.69, 9.17) is 9.57 Å². The second-order valence-corrected chi connectivity index (χ2v) is 12.9. The van der Waals surface area contributed by atoms with E-state index in [0.717, 1.165) is 42.4 Å². The zero-order valence-electron chi connectivity index (χ0n) is 23.4.